The van der Waals surface area contributed by atoms with Crippen molar-refractivity contribution in [2.24, 2.45) is 5.92 Å². The van der Waals surface area contributed by atoms with Gasteiger partial charge in [0.2, 0.25) is 5.91 Å². The molecule has 0 heterocycles. The Kier molecular flexibility index (Phi) is 5.17. The van der Waals surface area contributed by atoms with Crippen molar-refractivity contribution >= 4 is 11.9 Å². The predicted octanol–water partition coefficient (Wildman–Crippen LogP) is 1.42. The lowest BCUT2D eigenvalue weighted by Crippen LogP contribution is -2.30. The first-order valence-electron chi connectivity index (χ1n) is 5.66. The molecule has 0 saturated carbocycles. The van der Waals surface area contributed by atoms with Gasteiger partial charge in [0.15, 0.2) is 0 Å². The first-order valence-corrected chi connectivity index (χ1v) is 5.66. The third-order valence-electron chi connectivity index (χ3n) is 2.57. The molecule has 1 unspecified atom stereocenters. The lowest BCUT2D eigenvalue weighted by atomic mass is 10.1. The van der Waals surface area contributed by atoms with Crippen LogP contribution < -0.4 is 10.1 Å². The first-order chi connectivity index (χ1) is 8.54. The van der Waals surface area contributed by atoms with E-state index < -0.39 is 11.9 Å². The van der Waals surface area contributed by atoms with Gasteiger partial charge in [0, 0.05) is 18.0 Å². The first kappa shape index (κ1) is 14.0. The second-order valence-electron chi connectivity index (χ2n) is 4.03. The summed E-state index contributed by atoms with van der Waals surface area (Å²) < 4.78 is 5.16. The summed E-state index contributed by atoms with van der Waals surface area (Å²) in [6.45, 7) is 1.92. The van der Waals surface area contributed by atoms with E-state index in [2.05, 4.69) is 5.32 Å². The number of aliphatic carboxylic acids is 1. The van der Waals surface area contributed by atoms with Gasteiger partial charge < -0.3 is 15.2 Å². The molecule has 5 nitrogen and oxygen atoms in total. The summed E-state index contributed by atoms with van der Waals surface area (Å²) >= 11 is 0. The average Bonchev–Trinajstić information content (AvgIpc) is 2.35. The van der Waals surface area contributed by atoms with Crippen LogP contribution in [0.1, 0.15) is 18.9 Å². The average molecular weight is 251 g/mol. The molecular weight excluding hydrogens is 234 g/mol. The topological polar surface area (TPSA) is 75.6 Å². The van der Waals surface area contributed by atoms with Crippen molar-refractivity contribution in [3.8, 4) is 5.75 Å². The van der Waals surface area contributed by atoms with Gasteiger partial charge in [-0.15, -0.1) is 0 Å². The fourth-order valence-corrected chi connectivity index (χ4v) is 1.56. The number of rotatable bonds is 6. The number of hydrogen-bond donors (Lipinski definition) is 2. The largest absolute Gasteiger partial charge is 0.496 e. The summed E-state index contributed by atoms with van der Waals surface area (Å²) in [4.78, 5) is 22.1. The van der Waals surface area contributed by atoms with Crippen LogP contribution >= 0.6 is 0 Å². The maximum absolute atomic E-state index is 11.6. The quantitative estimate of drug-likeness (QED) is 0.801. The number of para-hydroxylation sites is 1. The molecule has 2 N–H and O–H groups in total. The van der Waals surface area contributed by atoms with Crippen molar-refractivity contribution in [2.45, 2.75) is 19.9 Å². The highest BCUT2D eigenvalue weighted by atomic mass is 16.5. The summed E-state index contributed by atoms with van der Waals surface area (Å²) in [6, 6.07) is 7.35. The Labute approximate surface area is 106 Å². The van der Waals surface area contributed by atoms with Gasteiger partial charge in [-0.1, -0.05) is 25.1 Å². The van der Waals surface area contributed by atoms with Gasteiger partial charge in [-0.2, -0.15) is 0 Å². The van der Waals surface area contributed by atoms with E-state index in [0.717, 1.165) is 5.56 Å². The van der Waals surface area contributed by atoms with Gasteiger partial charge in [-0.25, -0.2) is 0 Å². The molecule has 98 valence electrons. The minimum absolute atomic E-state index is 0.169. The van der Waals surface area contributed by atoms with Gasteiger partial charge in [-0.3, -0.25) is 9.59 Å². The molecule has 1 rings (SSSR count). The number of nitrogens with one attached hydrogen (secondary N) is 1. The van der Waals surface area contributed by atoms with Crippen molar-refractivity contribution in [3.05, 3.63) is 29.8 Å². The Hall–Kier alpha value is -2.04. The molecule has 18 heavy (non-hydrogen) atoms. The molecule has 0 bridgehead atoms. The highest BCUT2D eigenvalue weighted by Crippen LogP contribution is 2.16. The second-order valence-corrected chi connectivity index (χ2v) is 4.03. The molecular formula is C13H17NO4. The lowest BCUT2D eigenvalue weighted by molar-refractivity contribution is -0.140. The highest BCUT2D eigenvalue weighted by Gasteiger charge is 2.16. The van der Waals surface area contributed by atoms with Gasteiger partial charge in [-0.05, 0) is 6.07 Å². The smallest absolute Gasteiger partial charge is 0.304 e. The Morgan fingerprint density at radius 3 is 2.67 bits per heavy atom. The van der Waals surface area contributed by atoms with E-state index in [9.17, 15) is 9.59 Å². The normalized spacial score (nSPS) is 11.7. The van der Waals surface area contributed by atoms with E-state index in [0.29, 0.717) is 12.3 Å². The number of carboxylic acid groups (broad SMARTS) is 1. The summed E-state index contributed by atoms with van der Waals surface area (Å²) in [5.74, 6) is -1.10. The monoisotopic (exact) mass is 251 g/mol. The van der Waals surface area contributed by atoms with Gasteiger partial charge >= 0.3 is 5.97 Å². The summed E-state index contributed by atoms with van der Waals surface area (Å²) in [7, 11) is 1.56. The summed E-state index contributed by atoms with van der Waals surface area (Å²) in [6.07, 6.45) is -0.169. The molecule has 0 aliphatic heterocycles. The van der Waals surface area contributed by atoms with E-state index in [-0.39, 0.29) is 12.3 Å². The number of carbonyl (C=O) groups is 2. The zero-order valence-electron chi connectivity index (χ0n) is 10.5. The summed E-state index contributed by atoms with van der Waals surface area (Å²) in [5, 5.41) is 11.3. The SMILES string of the molecule is COc1ccccc1CNC(=O)C(C)CC(=O)O. The minimum atomic E-state index is -0.977. The fourth-order valence-electron chi connectivity index (χ4n) is 1.56. The van der Waals surface area contributed by atoms with Crippen LogP contribution in [-0.2, 0) is 16.1 Å². The number of amides is 1. The van der Waals surface area contributed by atoms with Crippen molar-refractivity contribution in [1.29, 1.82) is 0 Å². The Morgan fingerprint density at radius 1 is 1.39 bits per heavy atom. The molecule has 1 amide bonds. The number of methoxy groups -OCH3 is 1. The molecule has 1 atom stereocenters. The van der Waals surface area contributed by atoms with E-state index in [1.54, 1.807) is 14.0 Å². The number of hydrogen-bond acceptors (Lipinski definition) is 3. The van der Waals surface area contributed by atoms with Crippen LogP contribution in [0.3, 0.4) is 0 Å². The number of carbonyl (C=O) groups excluding carboxylic acids is 1. The van der Waals surface area contributed by atoms with Crippen LogP contribution in [0, 0.1) is 5.92 Å². The van der Waals surface area contributed by atoms with E-state index in [4.69, 9.17) is 9.84 Å². The van der Waals surface area contributed by atoms with Crippen LogP contribution in [0.25, 0.3) is 0 Å². The van der Waals surface area contributed by atoms with Crippen LogP contribution in [0.2, 0.25) is 0 Å². The maximum atomic E-state index is 11.6. The van der Waals surface area contributed by atoms with Crippen molar-refractivity contribution in [1.82, 2.24) is 5.32 Å². The van der Waals surface area contributed by atoms with E-state index in [1.165, 1.54) is 0 Å². The van der Waals surface area contributed by atoms with Crippen molar-refractivity contribution < 1.29 is 19.4 Å². The number of ether oxygens (including phenoxy) is 1. The van der Waals surface area contributed by atoms with Gasteiger partial charge in [0.1, 0.15) is 5.75 Å². The molecule has 0 fully saturated rings. The third kappa shape index (κ3) is 4.08. The standard InChI is InChI=1S/C13H17NO4/c1-9(7-12(15)16)13(17)14-8-10-5-3-4-6-11(10)18-2/h3-6,9H,7-8H2,1-2H3,(H,14,17)(H,15,16). The Bertz CT molecular complexity index is 431. The Balaban J connectivity index is 2.54. The molecule has 0 radical (unpaired) electrons. The van der Waals surface area contributed by atoms with Gasteiger partial charge in [0.05, 0.1) is 13.5 Å². The highest BCUT2D eigenvalue weighted by molar-refractivity contribution is 5.82. The van der Waals surface area contributed by atoms with Crippen LogP contribution in [0.15, 0.2) is 24.3 Å². The fraction of sp³-hybridized carbons (Fsp3) is 0.385. The number of benzene rings is 1. The van der Waals surface area contributed by atoms with Crippen LogP contribution in [-0.4, -0.2) is 24.1 Å². The van der Waals surface area contributed by atoms with Gasteiger partial charge in [0.25, 0.3) is 0 Å². The van der Waals surface area contributed by atoms with Crippen molar-refractivity contribution in [3.63, 3.8) is 0 Å². The number of carboxylic acids is 1. The zero-order chi connectivity index (χ0) is 13.5. The van der Waals surface area contributed by atoms with E-state index in [1.807, 2.05) is 24.3 Å². The molecule has 0 aromatic heterocycles. The molecule has 1 aromatic carbocycles. The van der Waals surface area contributed by atoms with Crippen LogP contribution in [0.5, 0.6) is 5.75 Å². The molecule has 0 spiro atoms. The zero-order valence-corrected chi connectivity index (χ0v) is 10.5. The lowest BCUT2D eigenvalue weighted by Gasteiger charge is -2.12. The third-order valence-corrected chi connectivity index (χ3v) is 2.57. The second kappa shape index (κ2) is 6.64. The minimum Gasteiger partial charge on any atom is -0.496 e. The summed E-state index contributed by atoms with van der Waals surface area (Å²) in [5.41, 5.74) is 0.857. The molecule has 5 heteroatoms. The molecule has 0 saturated heterocycles. The molecule has 0 aliphatic rings. The maximum Gasteiger partial charge on any atom is 0.304 e. The van der Waals surface area contributed by atoms with Crippen LogP contribution in [0.4, 0.5) is 0 Å². The predicted molar refractivity (Wildman–Crippen MR) is 66.3 cm³/mol. The van der Waals surface area contributed by atoms with Crippen molar-refractivity contribution in [2.75, 3.05) is 7.11 Å². The molecule has 0 aliphatic carbocycles. The van der Waals surface area contributed by atoms with E-state index >= 15 is 0 Å². The Morgan fingerprint density at radius 2 is 2.06 bits per heavy atom. The molecule has 1 aromatic rings.